The van der Waals surface area contributed by atoms with E-state index in [2.05, 4.69) is 19.8 Å². The predicted molar refractivity (Wildman–Crippen MR) is 130 cm³/mol. The number of hydrogen-bond donors (Lipinski definition) is 3. The Hall–Kier alpha value is -3.20. The van der Waals surface area contributed by atoms with Crippen LogP contribution in [0.3, 0.4) is 0 Å². The number of carboxylic acid groups (broad SMARTS) is 1. The Morgan fingerprint density at radius 3 is 2.58 bits per heavy atom. The van der Waals surface area contributed by atoms with E-state index in [1.165, 1.54) is 22.9 Å². The van der Waals surface area contributed by atoms with Crippen molar-refractivity contribution in [2.75, 3.05) is 11.5 Å². The van der Waals surface area contributed by atoms with Crippen LogP contribution in [0.4, 0.5) is 5.13 Å². The Morgan fingerprint density at radius 1 is 1.31 bits per heavy atom. The van der Waals surface area contributed by atoms with E-state index in [0.29, 0.717) is 12.8 Å². The maximum Gasteiger partial charge on any atom is 0.353 e. The van der Waals surface area contributed by atoms with Crippen molar-refractivity contribution in [3.63, 3.8) is 0 Å². The summed E-state index contributed by atoms with van der Waals surface area (Å²) in [6, 6.07) is -0.915. The average molecular weight is 539 g/mol. The number of thioether (sulfide) groups is 1. The second-order valence-corrected chi connectivity index (χ2v) is 11.4. The zero-order valence-electron chi connectivity index (χ0n) is 19.8. The number of esters is 1. The molecule has 0 spiro atoms. The van der Waals surface area contributed by atoms with Crippen LogP contribution in [-0.2, 0) is 28.8 Å². The maximum atomic E-state index is 13.2. The van der Waals surface area contributed by atoms with Crippen molar-refractivity contribution in [2.45, 2.75) is 69.1 Å². The number of oxime groups is 1. The Bertz CT molecular complexity index is 1150. The summed E-state index contributed by atoms with van der Waals surface area (Å²) in [4.78, 5) is 60.9. The Morgan fingerprint density at radius 2 is 2.00 bits per heavy atom. The quantitative estimate of drug-likeness (QED) is 0.193. The monoisotopic (exact) mass is 538 g/mol. The summed E-state index contributed by atoms with van der Waals surface area (Å²) in [7, 11) is 0. The highest BCUT2D eigenvalue weighted by Gasteiger charge is 2.51. The number of aromatic nitrogens is 2. The second-order valence-electron chi connectivity index (χ2n) is 9.55. The Kier molecular flexibility index (Phi) is 6.96. The van der Waals surface area contributed by atoms with Gasteiger partial charge in [-0.3, -0.25) is 9.59 Å². The van der Waals surface area contributed by atoms with Crippen LogP contribution >= 0.6 is 23.3 Å². The van der Waals surface area contributed by atoms with Crippen LogP contribution in [0.5, 0.6) is 0 Å². The molecule has 1 aliphatic carbocycles. The number of carboxylic acids is 1. The summed E-state index contributed by atoms with van der Waals surface area (Å²) in [5, 5.41) is 15.4. The molecular weight excluding hydrogens is 512 g/mol. The third kappa shape index (κ3) is 5.16. The van der Waals surface area contributed by atoms with Crippen molar-refractivity contribution in [2.24, 2.45) is 5.16 Å². The van der Waals surface area contributed by atoms with Crippen molar-refractivity contribution >= 4 is 57.9 Å². The number of anilines is 1. The van der Waals surface area contributed by atoms with Crippen LogP contribution in [-0.4, -0.2) is 77.2 Å². The number of nitrogens with one attached hydrogen (secondary N) is 1. The molecule has 2 aliphatic heterocycles. The van der Waals surface area contributed by atoms with Gasteiger partial charge in [-0.2, -0.15) is 9.36 Å². The predicted octanol–water partition coefficient (Wildman–Crippen LogP) is 0.864. The van der Waals surface area contributed by atoms with E-state index in [-0.39, 0.29) is 28.0 Å². The number of β-lactam (4-membered cyclic amide) rings is 1. The lowest BCUT2D eigenvalue weighted by atomic mass is 10.0. The molecule has 3 aliphatic rings. The van der Waals surface area contributed by atoms with Gasteiger partial charge in [-0.1, -0.05) is 5.16 Å². The highest BCUT2D eigenvalue weighted by Crippen LogP contribution is 2.37. The topological polar surface area (TPSA) is 186 Å². The van der Waals surface area contributed by atoms with Gasteiger partial charge >= 0.3 is 11.9 Å². The van der Waals surface area contributed by atoms with Gasteiger partial charge in [-0.15, -0.1) is 11.8 Å². The molecule has 0 aromatic carbocycles. The van der Waals surface area contributed by atoms with Gasteiger partial charge in [0, 0.05) is 36.3 Å². The van der Waals surface area contributed by atoms with Crippen LogP contribution in [0.25, 0.3) is 0 Å². The molecule has 4 rings (SSSR count). The number of nitrogens with two attached hydrogens (primary N) is 1. The first-order valence-electron chi connectivity index (χ1n) is 11.2. The molecule has 2 amide bonds. The first-order chi connectivity index (χ1) is 16.9. The van der Waals surface area contributed by atoms with Crippen LogP contribution in [0.15, 0.2) is 16.9 Å². The Balaban J connectivity index is 1.55. The standard InChI is InChI=1S/C21H26N6O7S2/c1-20(2,3)33-18(32)21(6-4-5-7-21)34-25-11(13-24-19(22)36-26-13)14(28)23-12-15(29)27-8-10(17(30)31)9-35-16(12)27/h8,12,16H,4-7,9H2,1-3H3,(H,23,28)(H,30,31)(H2,22,24,26)/t12?,16-/m1/s1. The molecule has 2 atom stereocenters. The molecule has 4 N–H and O–H groups in total. The molecule has 1 unspecified atom stereocenters. The number of ether oxygens (including phenoxy) is 1. The molecule has 0 bridgehead atoms. The minimum absolute atomic E-state index is 0.0910. The molecule has 1 aromatic rings. The van der Waals surface area contributed by atoms with E-state index in [4.69, 9.17) is 20.4 Å². The summed E-state index contributed by atoms with van der Waals surface area (Å²) in [6.07, 6.45) is 3.44. The molecule has 2 fully saturated rings. The highest BCUT2D eigenvalue weighted by molar-refractivity contribution is 8.00. The van der Waals surface area contributed by atoms with E-state index in [9.17, 15) is 19.2 Å². The summed E-state index contributed by atoms with van der Waals surface area (Å²) in [5.74, 6) is -2.87. The molecule has 15 heteroatoms. The van der Waals surface area contributed by atoms with Crippen molar-refractivity contribution < 1.29 is 33.9 Å². The second kappa shape index (κ2) is 9.69. The molecule has 1 saturated carbocycles. The fourth-order valence-corrected chi connectivity index (χ4v) is 5.62. The zero-order valence-corrected chi connectivity index (χ0v) is 21.5. The maximum absolute atomic E-state index is 13.2. The van der Waals surface area contributed by atoms with Gasteiger partial charge in [-0.25, -0.2) is 9.59 Å². The summed E-state index contributed by atoms with van der Waals surface area (Å²) < 4.78 is 9.57. The number of rotatable bonds is 7. The number of aliphatic carboxylic acids is 1. The fraction of sp³-hybridized carbons (Fsp3) is 0.571. The molecule has 0 radical (unpaired) electrons. The van der Waals surface area contributed by atoms with Crippen LogP contribution in [0, 0.1) is 0 Å². The van der Waals surface area contributed by atoms with E-state index in [0.717, 1.165) is 24.4 Å². The lowest BCUT2D eigenvalue weighted by molar-refractivity contribution is -0.183. The van der Waals surface area contributed by atoms with Gasteiger partial charge in [-0.05, 0) is 33.6 Å². The van der Waals surface area contributed by atoms with Gasteiger partial charge in [0.1, 0.15) is 17.0 Å². The Labute approximate surface area is 214 Å². The zero-order chi connectivity index (χ0) is 26.3. The lowest BCUT2D eigenvalue weighted by Gasteiger charge is -2.46. The molecular formula is C21H26N6O7S2. The number of carbonyl (C=O) groups is 4. The van der Waals surface area contributed by atoms with Gasteiger partial charge in [0.2, 0.25) is 17.1 Å². The number of nitrogen functional groups attached to an aromatic ring is 1. The molecule has 194 valence electrons. The number of amides is 2. The first kappa shape index (κ1) is 25.9. The van der Waals surface area contributed by atoms with Crippen LogP contribution < -0.4 is 11.1 Å². The summed E-state index contributed by atoms with van der Waals surface area (Å²) in [5.41, 5.74) is 3.34. The lowest BCUT2D eigenvalue weighted by Crippen LogP contribution is -2.69. The minimum Gasteiger partial charge on any atom is -0.478 e. The van der Waals surface area contributed by atoms with E-state index < -0.39 is 46.4 Å². The first-order valence-corrected chi connectivity index (χ1v) is 13.0. The van der Waals surface area contributed by atoms with Crippen LogP contribution in [0.1, 0.15) is 52.3 Å². The highest BCUT2D eigenvalue weighted by atomic mass is 32.2. The normalized spacial score (nSPS) is 23.3. The number of hydrogen-bond acceptors (Lipinski definition) is 12. The molecule has 3 heterocycles. The fourth-order valence-electron chi connectivity index (χ4n) is 3.94. The van der Waals surface area contributed by atoms with Gasteiger partial charge in [0.15, 0.2) is 5.13 Å². The third-order valence-corrected chi connectivity index (χ3v) is 7.57. The summed E-state index contributed by atoms with van der Waals surface area (Å²) >= 11 is 2.06. The van der Waals surface area contributed by atoms with E-state index in [1.807, 2.05) is 0 Å². The van der Waals surface area contributed by atoms with E-state index >= 15 is 0 Å². The average Bonchev–Trinajstić information content (AvgIpc) is 3.46. The number of carbonyl (C=O) groups excluding carboxylic acids is 3. The van der Waals surface area contributed by atoms with Gasteiger partial charge < -0.3 is 30.6 Å². The number of fused-ring (bicyclic) bond motifs is 1. The summed E-state index contributed by atoms with van der Waals surface area (Å²) in [6.45, 7) is 5.23. The van der Waals surface area contributed by atoms with Crippen molar-refractivity contribution in [3.8, 4) is 0 Å². The van der Waals surface area contributed by atoms with E-state index in [1.54, 1.807) is 20.8 Å². The van der Waals surface area contributed by atoms with Crippen molar-refractivity contribution in [3.05, 3.63) is 17.6 Å². The minimum atomic E-state index is -1.36. The van der Waals surface area contributed by atoms with Gasteiger partial charge in [0.05, 0.1) is 5.57 Å². The molecule has 1 aromatic heterocycles. The molecule has 13 nitrogen and oxygen atoms in total. The largest absolute Gasteiger partial charge is 0.478 e. The van der Waals surface area contributed by atoms with Gasteiger partial charge in [0.25, 0.3) is 11.8 Å². The SMILES string of the molecule is CC(C)(C)OC(=O)C1(ON=C(C(=O)NC2C(=O)N3C=C(C(=O)O)CS[C@H]23)c2nsc(N)n2)CCCC1. The molecule has 36 heavy (non-hydrogen) atoms. The van der Waals surface area contributed by atoms with Crippen molar-refractivity contribution in [1.82, 2.24) is 19.6 Å². The third-order valence-electron chi connectivity index (χ3n) is 5.71. The number of nitrogens with zero attached hydrogens (tertiary/aromatic N) is 4. The smallest absolute Gasteiger partial charge is 0.353 e. The van der Waals surface area contributed by atoms with Crippen LogP contribution in [0.2, 0.25) is 0 Å². The van der Waals surface area contributed by atoms with Crippen molar-refractivity contribution in [1.29, 1.82) is 0 Å². The molecule has 1 saturated heterocycles.